The molecule has 2 fully saturated rings. The molecule has 2 aliphatic heterocycles. The van der Waals surface area contributed by atoms with E-state index in [0.29, 0.717) is 11.6 Å². The number of benzene rings is 2. The number of ether oxygens (including phenoxy) is 1. The molecule has 6 nitrogen and oxygen atoms in total. The van der Waals surface area contributed by atoms with Crippen molar-refractivity contribution in [2.45, 2.75) is 18.9 Å². The summed E-state index contributed by atoms with van der Waals surface area (Å²) in [5.74, 6) is 0.333. The first-order valence-corrected chi connectivity index (χ1v) is 12.4. The first-order chi connectivity index (χ1) is 17.2. The van der Waals surface area contributed by atoms with E-state index in [1.165, 1.54) is 17.1 Å². The molecule has 4 aromatic rings. The molecule has 0 N–H and O–H groups in total. The number of hydrogen-bond acceptors (Lipinski definition) is 6. The summed E-state index contributed by atoms with van der Waals surface area (Å²) in [5, 5.41) is 2.10. The maximum Gasteiger partial charge on any atom is 0.213 e. The smallest absolute Gasteiger partial charge is 0.213 e. The molecule has 0 unspecified atom stereocenters. The number of anilines is 2. The van der Waals surface area contributed by atoms with Gasteiger partial charge >= 0.3 is 0 Å². The van der Waals surface area contributed by atoms with E-state index in [9.17, 15) is 4.39 Å². The van der Waals surface area contributed by atoms with Crippen LogP contribution in [-0.4, -0.2) is 67.3 Å². The molecule has 0 bridgehead atoms. The topological polar surface area (TPSA) is 44.7 Å². The van der Waals surface area contributed by atoms with Gasteiger partial charge in [-0.25, -0.2) is 4.98 Å². The Morgan fingerprint density at radius 3 is 2.37 bits per heavy atom. The Kier molecular flexibility index (Phi) is 5.86. The van der Waals surface area contributed by atoms with Gasteiger partial charge in [0.1, 0.15) is 5.75 Å². The SMILES string of the molecule is COc1cc(N2CCC(N3CCN(c4cccc5cccnc45)CC3)CC2)c2nc(F)ccc2c1. The van der Waals surface area contributed by atoms with Crippen LogP contribution in [0.25, 0.3) is 21.8 Å². The summed E-state index contributed by atoms with van der Waals surface area (Å²) in [6.07, 6.45) is 4.05. The van der Waals surface area contributed by atoms with Crippen LogP contribution in [-0.2, 0) is 0 Å². The first kappa shape index (κ1) is 22.0. The Morgan fingerprint density at radius 2 is 1.57 bits per heavy atom. The van der Waals surface area contributed by atoms with Crippen LogP contribution in [0.2, 0.25) is 0 Å². The number of para-hydroxylation sites is 1. The Hall–Kier alpha value is -3.45. The summed E-state index contributed by atoms with van der Waals surface area (Å²) in [6.45, 7) is 6.00. The lowest BCUT2D eigenvalue weighted by Gasteiger charge is -2.44. The van der Waals surface area contributed by atoms with E-state index in [0.717, 1.165) is 74.5 Å². The molecule has 0 aliphatic carbocycles. The number of methoxy groups -OCH3 is 1. The molecule has 6 rings (SSSR count). The number of hydrogen-bond donors (Lipinski definition) is 0. The quantitative estimate of drug-likeness (QED) is 0.401. The standard InChI is InChI=1S/C28H30FN5O/c1-35-23-18-21-7-8-26(29)31-28(21)25(19-23)33-12-9-22(10-13-33)32-14-16-34(17-15-32)24-6-2-4-20-5-3-11-30-27(20)24/h2-8,11,18-19,22H,9-10,12-17H2,1H3. The predicted octanol–water partition coefficient (Wildman–Crippen LogP) is 4.72. The zero-order valence-corrected chi connectivity index (χ0v) is 20.0. The number of halogens is 1. The molecule has 2 saturated heterocycles. The summed E-state index contributed by atoms with van der Waals surface area (Å²) >= 11 is 0. The van der Waals surface area contributed by atoms with Crippen molar-refractivity contribution in [1.82, 2.24) is 14.9 Å². The van der Waals surface area contributed by atoms with Crippen LogP contribution in [0.15, 0.2) is 60.8 Å². The van der Waals surface area contributed by atoms with E-state index in [4.69, 9.17) is 4.74 Å². The second-order valence-corrected chi connectivity index (χ2v) is 9.45. The highest BCUT2D eigenvalue weighted by molar-refractivity contribution is 5.92. The molecule has 2 aromatic heterocycles. The van der Waals surface area contributed by atoms with Crippen molar-refractivity contribution >= 4 is 33.2 Å². The molecule has 35 heavy (non-hydrogen) atoms. The molecule has 4 heterocycles. The van der Waals surface area contributed by atoms with Gasteiger partial charge in [-0.15, -0.1) is 0 Å². The number of piperazine rings is 1. The van der Waals surface area contributed by atoms with Gasteiger partial charge in [0.15, 0.2) is 0 Å². The average molecular weight is 472 g/mol. The third-order valence-electron chi connectivity index (χ3n) is 7.54. The number of piperidine rings is 1. The van der Waals surface area contributed by atoms with Crippen molar-refractivity contribution < 1.29 is 9.13 Å². The molecule has 0 radical (unpaired) electrons. The zero-order chi connectivity index (χ0) is 23.8. The molecule has 0 amide bonds. The van der Waals surface area contributed by atoms with Gasteiger partial charge in [0.25, 0.3) is 0 Å². The summed E-state index contributed by atoms with van der Waals surface area (Å²) in [5.41, 5.74) is 4.00. The molecule has 7 heteroatoms. The third-order valence-corrected chi connectivity index (χ3v) is 7.54. The second-order valence-electron chi connectivity index (χ2n) is 9.45. The summed E-state index contributed by atoms with van der Waals surface area (Å²) in [6, 6.07) is 18.2. The van der Waals surface area contributed by atoms with Gasteiger partial charge in [0.2, 0.25) is 5.95 Å². The highest BCUT2D eigenvalue weighted by atomic mass is 19.1. The number of nitrogens with zero attached hydrogens (tertiary/aromatic N) is 5. The number of fused-ring (bicyclic) bond motifs is 2. The number of pyridine rings is 2. The normalized spacial score (nSPS) is 17.9. The minimum Gasteiger partial charge on any atom is -0.497 e. The van der Waals surface area contributed by atoms with E-state index in [-0.39, 0.29) is 0 Å². The maximum absolute atomic E-state index is 13.9. The molecule has 0 atom stereocenters. The first-order valence-electron chi connectivity index (χ1n) is 12.4. The number of rotatable bonds is 4. The van der Waals surface area contributed by atoms with Crippen LogP contribution in [0, 0.1) is 5.95 Å². The fourth-order valence-electron chi connectivity index (χ4n) is 5.67. The molecule has 0 saturated carbocycles. The van der Waals surface area contributed by atoms with E-state index in [2.05, 4.69) is 48.9 Å². The molecule has 2 aliphatic rings. The van der Waals surface area contributed by atoms with E-state index in [1.807, 2.05) is 24.4 Å². The van der Waals surface area contributed by atoms with Crippen molar-refractivity contribution in [3.05, 3.63) is 66.7 Å². The van der Waals surface area contributed by atoms with Gasteiger partial charge < -0.3 is 14.5 Å². The largest absolute Gasteiger partial charge is 0.497 e. The minimum absolute atomic E-state index is 0.446. The van der Waals surface area contributed by atoms with Crippen molar-refractivity contribution in [2.24, 2.45) is 0 Å². The van der Waals surface area contributed by atoms with Gasteiger partial charge in [0.05, 0.1) is 29.5 Å². The minimum atomic E-state index is -0.446. The van der Waals surface area contributed by atoms with Crippen molar-refractivity contribution in [3.8, 4) is 5.75 Å². The third kappa shape index (κ3) is 4.25. The van der Waals surface area contributed by atoms with Gasteiger partial charge in [-0.2, -0.15) is 4.39 Å². The highest BCUT2D eigenvalue weighted by Gasteiger charge is 2.29. The van der Waals surface area contributed by atoms with Gasteiger partial charge in [-0.05, 0) is 43.2 Å². The lowest BCUT2D eigenvalue weighted by Crippen LogP contribution is -2.53. The fourth-order valence-corrected chi connectivity index (χ4v) is 5.67. The van der Waals surface area contributed by atoms with Crippen LogP contribution in [0.3, 0.4) is 0 Å². The lowest BCUT2D eigenvalue weighted by atomic mass is 10.0. The van der Waals surface area contributed by atoms with Crippen LogP contribution in [0.5, 0.6) is 5.75 Å². The van der Waals surface area contributed by atoms with Gasteiger partial charge in [-0.3, -0.25) is 9.88 Å². The molecule has 180 valence electrons. The maximum atomic E-state index is 13.9. The Labute approximate surface area is 204 Å². The van der Waals surface area contributed by atoms with Gasteiger partial charge in [-0.1, -0.05) is 18.2 Å². The predicted molar refractivity (Wildman–Crippen MR) is 139 cm³/mol. The summed E-state index contributed by atoms with van der Waals surface area (Å²) in [4.78, 5) is 16.3. The summed E-state index contributed by atoms with van der Waals surface area (Å²) in [7, 11) is 1.67. The molecule has 2 aromatic carbocycles. The highest BCUT2D eigenvalue weighted by Crippen LogP contribution is 2.34. The summed E-state index contributed by atoms with van der Waals surface area (Å²) < 4.78 is 19.4. The van der Waals surface area contributed by atoms with Crippen LogP contribution >= 0.6 is 0 Å². The lowest BCUT2D eigenvalue weighted by molar-refractivity contribution is 0.160. The van der Waals surface area contributed by atoms with Crippen molar-refractivity contribution in [1.29, 1.82) is 0 Å². The number of aromatic nitrogens is 2. The average Bonchev–Trinajstić information content (AvgIpc) is 2.92. The van der Waals surface area contributed by atoms with E-state index in [1.54, 1.807) is 13.2 Å². The zero-order valence-electron chi connectivity index (χ0n) is 20.0. The fraction of sp³-hybridized carbons (Fsp3) is 0.357. The van der Waals surface area contributed by atoms with E-state index < -0.39 is 5.95 Å². The van der Waals surface area contributed by atoms with Crippen molar-refractivity contribution in [2.75, 3.05) is 56.2 Å². The molecular weight excluding hydrogens is 441 g/mol. The monoisotopic (exact) mass is 471 g/mol. The van der Waals surface area contributed by atoms with Crippen molar-refractivity contribution in [3.63, 3.8) is 0 Å². The Balaban J connectivity index is 1.12. The Bertz CT molecular complexity index is 1340. The van der Waals surface area contributed by atoms with Crippen LogP contribution in [0.4, 0.5) is 15.8 Å². The van der Waals surface area contributed by atoms with E-state index >= 15 is 0 Å². The van der Waals surface area contributed by atoms with Gasteiger partial charge in [0, 0.05) is 68.3 Å². The molecule has 0 spiro atoms. The second kappa shape index (κ2) is 9.30. The Morgan fingerprint density at radius 1 is 0.800 bits per heavy atom. The van der Waals surface area contributed by atoms with Crippen LogP contribution < -0.4 is 14.5 Å². The van der Waals surface area contributed by atoms with Crippen LogP contribution in [0.1, 0.15) is 12.8 Å². The molecular formula is C28H30FN5O.